The zero-order valence-electron chi connectivity index (χ0n) is 15.7. The number of amides is 3. The standard InChI is InChI=1S/C21H22N4O2S/c1-14(22-20(26)12-19-13-28-15(2)23-19)16-8-10-18(11-9-16)25-21(27)24-17-6-4-3-5-7-17/h3-11,13-14H,12H2,1-2H3,(H,22,26)(H2,24,25,27). The summed E-state index contributed by atoms with van der Waals surface area (Å²) in [7, 11) is 0. The number of benzene rings is 2. The molecular formula is C21H22N4O2S. The van der Waals surface area contributed by atoms with Crippen LogP contribution >= 0.6 is 11.3 Å². The molecule has 0 spiro atoms. The lowest BCUT2D eigenvalue weighted by atomic mass is 10.1. The molecule has 0 aliphatic rings. The van der Waals surface area contributed by atoms with Crippen LogP contribution in [0.1, 0.15) is 29.2 Å². The molecule has 3 N–H and O–H groups in total. The van der Waals surface area contributed by atoms with E-state index in [1.54, 1.807) is 0 Å². The topological polar surface area (TPSA) is 83.1 Å². The maximum Gasteiger partial charge on any atom is 0.323 e. The van der Waals surface area contributed by atoms with Gasteiger partial charge in [0, 0.05) is 16.8 Å². The molecule has 6 nitrogen and oxygen atoms in total. The number of hydrogen-bond donors (Lipinski definition) is 3. The van der Waals surface area contributed by atoms with Gasteiger partial charge in [0.2, 0.25) is 5.91 Å². The minimum Gasteiger partial charge on any atom is -0.349 e. The van der Waals surface area contributed by atoms with Gasteiger partial charge in [-0.15, -0.1) is 11.3 Å². The molecule has 0 aliphatic carbocycles. The molecule has 1 heterocycles. The Morgan fingerprint density at radius 2 is 1.64 bits per heavy atom. The van der Waals surface area contributed by atoms with Crippen LogP contribution in [0.15, 0.2) is 60.0 Å². The van der Waals surface area contributed by atoms with Gasteiger partial charge < -0.3 is 16.0 Å². The highest BCUT2D eigenvalue weighted by molar-refractivity contribution is 7.09. The fourth-order valence-corrected chi connectivity index (χ4v) is 3.31. The van der Waals surface area contributed by atoms with Crippen molar-refractivity contribution in [3.8, 4) is 0 Å². The first-order valence-corrected chi connectivity index (χ1v) is 9.81. The van der Waals surface area contributed by atoms with Crippen LogP contribution in [0.25, 0.3) is 0 Å². The number of hydrogen-bond acceptors (Lipinski definition) is 4. The smallest absolute Gasteiger partial charge is 0.323 e. The van der Waals surface area contributed by atoms with E-state index in [1.165, 1.54) is 11.3 Å². The Balaban J connectivity index is 1.51. The van der Waals surface area contributed by atoms with E-state index < -0.39 is 0 Å². The highest BCUT2D eigenvalue weighted by Gasteiger charge is 2.12. The van der Waals surface area contributed by atoms with Crippen molar-refractivity contribution in [2.24, 2.45) is 0 Å². The summed E-state index contributed by atoms with van der Waals surface area (Å²) in [4.78, 5) is 28.5. The molecule has 28 heavy (non-hydrogen) atoms. The molecule has 1 aromatic heterocycles. The molecule has 0 aliphatic heterocycles. The summed E-state index contributed by atoms with van der Waals surface area (Å²) in [6, 6.07) is 16.2. The quantitative estimate of drug-likeness (QED) is 0.575. The summed E-state index contributed by atoms with van der Waals surface area (Å²) in [5.41, 5.74) is 3.14. The number of anilines is 2. The van der Waals surface area contributed by atoms with E-state index in [9.17, 15) is 9.59 Å². The Morgan fingerprint density at radius 3 is 2.25 bits per heavy atom. The van der Waals surface area contributed by atoms with Crippen molar-refractivity contribution >= 4 is 34.6 Å². The summed E-state index contributed by atoms with van der Waals surface area (Å²) < 4.78 is 0. The van der Waals surface area contributed by atoms with Crippen molar-refractivity contribution in [1.29, 1.82) is 0 Å². The van der Waals surface area contributed by atoms with Crippen LogP contribution in [0.2, 0.25) is 0 Å². The highest BCUT2D eigenvalue weighted by atomic mass is 32.1. The molecule has 0 fully saturated rings. The van der Waals surface area contributed by atoms with Crippen molar-refractivity contribution in [1.82, 2.24) is 10.3 Å². The first-order chi connectivity index (χ1) is 13.5. The number of aryl methyl sites for hydroxylation is 1. The minimum atomic E-state index is -0.307. The van der Waals surface area contributed by atoms with E-state index >= 15 is 0 Å². The molecule has 7 heteroatoms. The zero-order valence-corrected chi connectivity index (χ0v) is 16.5. The second-order valence-electron chi connectivity index (χ2n) is 6.39. The number of para-hydroxylation sites is 1. The fraction of sp³-hybridized carbons (Fsp3) is 0.190. The molecule has 0 saturated carbocycles. The number of urea groups is 1. The lowest BCUT2D eigenvalue weighted by Crippen LogP contribution is -2.28. The van der Waals surface area contributed by atoms with Gasteiger partial charge in [0.1, 0.15) is 0 Å². The predicted octanol–water partition coefficient (Wildman–Crippen LogP) is 4.52. The van der Waals surface area contributed by atoms with Gasteiger partial charge in [0.25, 0.3) is 0 Å². The van der Waals surface area contributed by atoms with Crippen LogP contribution in [0.3, 0.4) is 0 Å². The minimum absolute atomic E-state index is 0.0674. The number of nitrogens with one attached hydrogen (secondary N) is 3. The van der Waals surface area contributed by atoms with E-state index in [2.05, 4.69) is 20.9 Å². The predicted molar refractivity (Wildman–Crippen MR) is 113 cm³/mol. The summed E-state index contributed by atoms with van der Waals surface area (Å²) >= 11 is 1.54. The van der Waals surface area contributed by atoms with Gasteiger partial charge >= 0.3 is 6.03 Å². The number of rotatable bonds is 6. The Kier molecular flexibility index (Phi) is 6.39. The highest BCUT2D eigenvalue weighted by Crippen LogP contribution is 2.17. The van der Waals surface area contributed by atoms with Crippen LogP contribution in [-0.2, 0) is 11.2 Å². The normalized spacial score (nSPS) is 11.5. The van der Waals surface area contributed by atoms with Gasteiger partial charge in [-0.2, -0.15) is 0 Å². The third-order valence-electron chi connectivity index (χ3n) is 4.09. The summed E-state index contributed by atoms with van der Waals surface area (Å²) in [5, 5.41) is 11.4. The average Bonchev–Trinajstić information content (AvgIpc) is 3.07. The Bertz CT molecular complexity index is 939. The van der Waals surface area contributed by atoms with Crippen molar-refractivity contribution < 1.29 is 9.59 Å². The summed E-state index contributed by atoms with van der Waals surface area (Å²) in [6.07, 6.45) is 0.272. The first kappa shape index (κ1) is 19.6. The third-order valence-corrected chi connectivity index (χ3v) is 4.91. The maximum absolute atomic E-state index is 12.2. The van der Waals surface area contributed by atoms with Crippen LogP contribution in [-0.4, -0.2) is 16.9 Å². The number of thiazole rings is 1. The van der Waals surface area contributed by atoms with Gasteiger partial charge in [0.15, 0.2) is 0 Å². The molecule has 3 amide bonds. The molecule has 2 aromatic carbocycles. The number of nitrogens with zero attached hydrogens (tertiary/aromatic N) is 1. The second-order valence-corrected chi connectivity index (χ2v) is 7.45. The number of aromatic nitrogens is 1. The first-order valence-electron chi connectivity index (χ1n) is 8.93. The molecule has 1 atom stereocenters. The van der Waals surface area contributed by atoms with Crippen molar-refractivity contribution in [3.63, 3.8) is 0 Å². The third kappa shape index (κ3) is 5.65. The van der Waals surface area contributed by atoms with E-state index in [4.69, 9.17) is 0 Å². The van der Waals surface area contributed by atoms with E-state index in [0.717, 1.165) is 22.0 Å². The molecule has 3 rings (SSSR count). The van der Waals surface area contributed by atoms with Crippen LogP contribution in [0.5, 0.6) is 0 Å². The van der Waals surface area contributed by atoms with E-state index in [1.807, 2.05) is 73.8 Å². The fourth-order valence-electron chi connectivity index (χ4n) is 2.70. The van der Waals surface area contributed by atoms with Gasteiger partial charge in [-0.05, 0) is 43.7 Å². The zero-order chi connectivity index (χ0) is 19.9. The molecule has 1 unspecified atom stereocenters. The van der Waals surface area contributed by atoms with Gasteiger partial charge in [-0.1, -0.05) is 30.3 Å². The van der Waals surface area contributed by atoms with E-state index in [-0.39, 0.29) is 24.4 Å². The SMILES string of the molecule is Cc1nc(CC(=O)NC(C)c2ccc(NC(=O)Nc3ccccc3)cc2)cs1. The van der Waals surface area contributed by atoms with Crippen LogP contribution < -0.4 is 16.0 Å². The second kappa shape index (κ2) is 9.14. The monoisotopic (exact) mass is 394 g/mol. The van der Waals surface area contributed by atoms with Crippen LogP contribution in [0.4, 0.5) is 16.2 Å². The number of carbonyl (C=O) groups is 2. The van der Waals surface area contributed by atoms with Crippen LogP contribution in [0, 0.1) is 6.92 Å². The van der Waals surface area contributed by atoms with Gasteiger partial charge in [-0.25, -0.2) is 9.78 Å². The van der Waals surface area contributed by atoms with Gasteiger partial charge in [0.05, 0.1) is 23.2 Å². The number of carbonyl (C=O) groups excluding carboxylic acids is 2. The largest absolute Gasteiger partial charge is 0.349 e. The lowest BCUT2D eigenvalue weighted by molar-refractivity contribution is -0.121. The Labute approximate surface area is 168 Å². The molecule has 0 radical (unpaired) electrons. The van der Waals surface area contributed by atoms with Crippen molar-refractivity contribution in [3.05, 3.63) is 76.2 Å². The molecule has 0 bridgehead atoms. The molecule has 0 saturated heterocycles. The molecular weight excluding hydrogens is 372 g/mol. The van der Waals surface area contributed by atoms with Gasteiger partial charge in [-0.3, -0.25) is 4.79 Å². The van der Waals surface area contributed by atoms with Crippen molar-refractivity contribution in [2.45, 2.75) is 26.3 Å². The van der Waals surface area contributed by atoms with Crippen molar-refractivity contribution in [2.75, 3.05) is 10.6 Å². The Morgan fingerprint density at radius 1 is 1.00 bits per heavy atom. The summed E-state index contributed by atoms with van der Waals surface area (Å²) in [5.74, 6) is -0.0674. The Hall–Kier alpha value is -3.19. The lowest BCUT2D eigenvalue weighted by Gasteiger charge is -2.15. The summed E-state index contributed by atoms with van der Waals surface area (Å²) in [6.45, 7) is 3.85. The molecule has 3 aromatic rings. The molecule has 144 valence electrons. The average molecular weight is 395 g/mol. The van der Waals surface area contributed by atoms with E-state index in [0.29, 0.717) is 5.69 Å². The maximum atomic E-state index is 12.2.